The Balaban J connectivity index is 0.000000132. The molecule has 6 nitrogen and oxygen atoms in total. The number of nitrogens with zero attached hydrogens (tertiary/aromatic N) is 2. The summed E-state index contributed by atoms with van der Waals surface area (Å²) in [5, 5.41) is 0. The average molecular weight is 368 g/mol. The first-order valence-corrected chi connectivity index (χ1v) is 9.35. The number of fused-ring (bicyclic) bond motifs is 2. The Morgan fingerprint density at radius 3 is 1.43 bits per heavy atom. The van der Waals surface area contributed by atoms with Crippen molar-refractivity contribution in [2.45, 2.75) is 0 Å². The normalized spacial score (nSPS) is 10.5. The summed E-state index contributed by atoms with van der Waals surface area (Å²) >= 11 is 3.35. The van der Waals surface area contributed by atoms with Gasteiger partial charge in [-0.2, -0.15) is 8.42 Å². The maximum absolute atomic E-state index is 8.74. The van der Waals surface area contributed by atoms with Gasteiger partial charge in [-0.05, 0) is 24.3 Å². The van der Waals surface area contributed by atoms with Gasteiger partial charge < -0.3 is 0 Å². The molecule has 23 heavy (non-hydrogen) atoms. The average Bonchev–Trinajstić information content (AvgIpc) is 3.15. The van der Waals surface area contributed by atoms with E-state index in [0.29, 0.717) is 0 Å². The van der Waals surface area contributed by atoms with Crippen LogP contribution in [-0.2, 0) is 10.4 Å². The fourth-order valence-electron chi connectivity index (χ4n) is 1.61. The lowest BCUT2D eigenvalue weighted by Crippen LogP contribution is -1.89. The van der Waals surface area contributed by atoms with E-state index < -0.39 is 10.4 Å². The quantitative estimate of drug-likeness (QED) is 0.456. The molecule has 4 aromatic rings. The maximum atomic E-state index is 8.74. The van der Waals surface area contributed by atoms with Crippen LogP contribution in [-0.4, -0.2) is 27.5 Å². The van der Waals surface area contributed by atoms with E-state index in [4.69, 9.17) is 17.5 Å². The fraction of sp³-hybridized carbons (Fsp3) is 0. The topological polar surface area (TPSA) is 100 Å². The molecule has 9 heteroatoms. The molecule has 2 heterocycles. The minimum Gasteiger partial charge on any atom is -0.264 e. The summed E-state index contributed by atoms with van der Waals surface area (Å²) in [6.07, 6.45) is 0. The number of benzene rings is 2. The third kappa shape index (κ3) is 6.38. The standard InChI is InChI=1S/2C7H5NS.H2O4S/c2*1-2-4-7-6(3-1)8-5-9-7;1-5(2,3)4/h2*1-5H;(H2,1,2,3,4). The summed E-state index contributed by atoms with van der Waals surface area (Å²) in [7, 11) is -4.67. The molecule has 0 bridgehead atoms. The molecule has 0 aliphatic rings. The lowest BCUT2D eigenvalue weighted by molar-refractivity contribution is 0.381. The Bertz CT molecular complexity index is 845. The van der Waals surface area contributed by atoms with E-state index in [1.165, 1.54) is 9.40 Å². The highest BCUT2D eigenvalue weighted by atomic mass is 32.3. The molecule has 120 valence electrons. The van der Waals surface area contributed by atoms with Crippen LogP contribution >= 0.6 is 22.7 Å². The van der Waals surface area contributed by atoms with Crippen molar-refractivity contribution in [1.29, 1.82) is 0 Å². The summed E-state index contributed by atoms with van der Waals surface area (Å²) in [5.41, 5.74) is 5.93. The molecule has 0 amide bonds. The first kappa shape index (κ1) is 17.4. The van der Waals surface area contributed by atoms with Crippen molar-refractivity contribution in [3.8, 4) is 0 Å². The maximum Gasteiger partial charge on any atom is 0.394 e. The number of hydrogen-bond donors (Lipinski definition) is 2. The highest BCUT2D eigenvalue weighted by Crippen LogP contribution is 2.16. The van der Waals surface area contributed by atoms with Crippen molar-refractivity contribution in [3.05, 3.63) is 59.6 Å². The van der Waals surface area contributed by atoms with Gasteiger partial charge in [-0.25, -0.2) is 9.97 Å². The molecule has 2 N–H and O–H groups in total. The van der Waals surface area contributed by atoms with Gasteiger partial charge in [0.15, 0.2) is 0 Å². The number of hydrogen-bond acceptors (Lipinski definition) is 6. The zero-order valence-corrected chi connectivity index (χ0v) is 14.1. The number of aromatic nitrogens is 2. The SMILES string of the molecule is O=S(=O)(O)O.c1ccc2scnc2c1.c1ccc2scnc2c1. The van der Waals surface area contributed by atoms with Crippen molar-refractivity contribution in [2.24, 2.45) is 0 Å². The Kier molecular flexibility index (Phi) is 6.13. The highest BCUT2D eigenvalue weighted by molar-refractivity contribution is 7.79. The predicted octanol–water partition coefficient (Wildman–Crippen LogP) is 3.94. The van der Waals surface area contributed by atoms with Gasteiger partial charge in [0.1, 0.15) is 0 Å². The largest absolute Gasteiger partial charge is 0.394 e. The highest BCUT2D eigenvalue weighted by Gasteiger charge is 1.90. The fourth-order valence-corrected chi connectivity index (χ4v) is 2.96. The number of rotatable bonds is 0. The minimum absolute atomic E-state index is 1.10. The molecule has 0 unspecified atom stereocenters. The van der Waals surface area contributed by atoms with Crippen LogP contribution in [0.2, 0.25) is 0 Å². The van der Waals surface area contributed by atoms with Gasteiger partial charge in [0.2, 0.25) is 0 Å². The third-order valence-electron chi connectivity index (χ3n) is 2.47. The Morgan fingerprint density at radius 2 is 1.09 bits per heavy atom. The van der Waals surface area contributed by atoms with Crippen LogP contribution in [0.1, 0.15) is 0 Å². The van der Waals surface area contributed by atoms with Crippen molar-refractivity contribution in [3.63, 3.8) is 0 Å². The van der Waals surface area contributed by atoms with Crippen LogP contribution in [0.15, 0.2) is 59.6 Å². The molecular formula is C14H12N2O4S3. The Hall–Kier alpha value is -1.91. The molecule has 2 aromatic heterocycles. The molecule has 0 saturated heterocycles. The molecule has 0 atom stereocenters. The van der Waals surface area contributed by atoms with E-state index in [2.05, 4.69) is 22.1 Å². The van der Waals surface area contributed by atoms with Crippen LogP contribution < -0.4 is 0 Å². The first-order valence-electron chi connectivity index (χ1n) is 6.20. The molecule has 0 aliphatic carbocycles. The van der Waals surface area contributed by atoms with E-state index >= 15 is 0 Å². The first-order chi connectivity index (χ1) is 10.9. The van der Waals surface area contributed by atoms with Crippen LogP contribution in [0.3, 0.4) is 0 Å². The molecule has 0 radical (unpaired) electrons. The Morgan fingerprint density at radius 1 is 0.739 bits per heavy atom. The second-order valence-electron chi connectivity index (χ2n) is 4.09. The number of thiazole rings is 2. The third-order valence-corrected chi connectivity index (χ3v) is 4.09. The summed E-state index contributed by atoms with van der Waals surface area (Å²) < 4.78 is 34.1. The van der Waals surface area contributed by atoms with Gasteiger partial charge in [-0.3, -0.25) is 9.11 Å². The van der Waals surface area contributed by atoms with Gasteiger partial charge in [0.05, 0.1) is 31.5 Å². The van der Waals surface area contributed by atoms with Crippen LogP contribution in [0.5, 0.6) is 0 Å². The molecule has 4 rings (SSSR count). The minimum atomic E-state index is -4.67. The van der Waals surface area contributed by atoms with Crippen LogP contribution in [0.25, 0.3) is 20.4 Å². The summed E-state index contributed by atoms with van der Waals surface area (Å²) in [5.74, 6) is 0. The lowest BCUT2D eigenvalue weighted by Gasteiger charge is -1.80. The van der Waals surface area contributed by atoms with Gasteiger partial charge in [-0.15, -0.1) is 22.7 Å². The van der Waals surface area contributed by atoms with E-state index in [9.17, 15) is 0 Å². The second-order valence-corrected chi connectivity index (χ2v) is 6.76. The van der Waals surface area contributed by atoms with Gasteiger partial charge in [0, 0.05) is 0 Å². The summed E-state index contributed by atoms with van der Waals surface area (Å²) in [6.45, 7) is 0. The second kappa shape index (κ2) is 8.09. The zero-order chi connectivity index (χ0) is 16.7. The summed E-state index contributed by atoms with van der Waals surface area (Å²) in [6, 6.07) is 16.3. The molecular weight excluding hydrogens is 356 g/mol. The summed E-state index contributed by atoms with van der Waals surface area (Å²) in [4.78, 5) is 8.27. The van der Waals surface area contributed by atoms with E-state index in [1.54, 1.807) is 22.7 Å². The molecule has 0 spiro atoms. The lowest BCUT2D eigenvalue weighted by atomic mass is 10.3. The van der Waals surface area contributed by atoms with Gasteiger partial charge in [0.25, 0.3) is 0 Å². The predicted molar refractivity (Wildman–Crippen MR) is 93.4 cm³/mol. The van der Waals surface area contributed by atoms with Crippen molar-refractivity contribution in [2.75, 3.05) is 0 Å². The van der Waals surface area contributed by atoms with Crippen LogP contribution in [0.4, 0.5) is 0 Å². The van der Waals surface area contributed by atoms with Crippen LogP contribution in [0, 0.1) is 0 Å². The zero-order valence-electron chi connectivity index (χ0n) is 11.6. The van der Waals surface area contributed by atoms with Crippen molar-refractivity contribution < 1.29 is 17.5 Å². The van der Waals surface area contributed by atoms with Crippen molar-refractivity contribution >= 4 is 53.5 Å². The van der Waals surface area contributed by atoms with E-state index in [-0.39, 0.29) is 0 Å². The molecule has 0 aliphatic heterocycles. The van der Waals surface area contributed by atoms with E-state index in [1.807, 2.05) is 47.4 Å². The van der Waals surface area contributed by atoms with Gasteiger partial charge >= 0.3 is 10.4 Å². The smallest absolute Gasteiger partial charge is 0.264 e. The Labute approximate surface area is 140 Å². The van der Waals surface area contributed by atoms with Gasteiger partial charge in [-0.1, -0.05) is 24.3 Å². The number of para-hydroxylation sites is 2. The molecule has 0 saturated carbocycles. The van der Waals surface area contributed by atoms with E-state index in [0.717, 1.165) is 11.0 Å². The molecule has 0 fully saturated rings. The molecule has 2 aromatic carbocycles. The van der Waals surface area contributed by atoms with Crippen molar-refractivity contribution in [1.82, 2.24) is 9.97 Å². The monoisotopic (exact) mass is 368 g/mol.